The summed E-state index contributed by atoms with van der Waals surface area (Å²) >= 11 is 0. The molecule has 2 amide bonds. The van der Waals surface area contributed by atoms with Crippen LogP contribution in [0.25, 0.3) is 11.0 Å². The molecule has 0 spiro atoms. The van der Waals surface area contributed by atoms with E-state index >= 15 is 0 Å². The number of carbonyl (C=O) groups is 2. The van der Waals surface area contributed by atoms with Gasteiger partial charge in [0.15, 0.2) is 17.3 Å². The number of anilines is 1. The number of methoxy groups -OCH3 is 2. The van der Waals surface area contributed by atoms with Crippen LogP contribution in [0.2, 0.25) is 0 Å². The summed E-state index contributed by atoms with van der Waals surface area (Å²) in [6, 6.07) is 14.1. The second-order valence-electron chi connectivity index (χ2n) is 6.57. The van der Waals surface area contributed by atoms with E-state index in [1.807, 2.05) is 24.3 Å². The van der Waals surface area contributed by atoms with Crippen LogP contribution in [0.5, 0.6) is 11.5 Å². The maximum Gasteiger partial charge on any atom is 0.287 e. The fraction of sp³-hybridized carbons (Fsp3) is 0.238. The zero-order chi connectivity index (χ0) is 19.7. The Labute approximate surface area is 161 Å². The highest BCUT2D eigenvalue weighted by Crippen LogP contribution is 2.33. The average molecular weight is 380 g/mol. The van der Waals surface area contributed by atoms with E-state index < -0.39 is 0 Å². The van der Waals surface area contributed by atoms with Crippen molar-refractivity contribution in [3.05, 3.63) is 54.3 Å². The predicted octanol–water partition coefficient (Wildman–Crippen LogP) is 2.99. The lowest BCUT2D eigenvalue weighted by Crippen LogP contribution is -2.37. The summed E-state index contributed by atoms with van der Waals surface area (Å²) in [5.74, 6) is 0.971. The number of fused-ring (bicyclic) bond motifs is 1. The van der Waals surface area contributed by atoms with Gasteiger partial charge in [0.05, 0.1) is 20.3 Å². The maximum absolute atomic E-state index is 12.5. The molecule has 4 rings (SSSR count). The van der Waals surface area contributed by atoms with Gasteiger partial charge in [-0.15, -0.1) is 0 Å². The molecule has 0 radical (unpaired) electrons. The number of benzene rings is 2. The third kappa shape index (κ3) is 3.26. The molecule has 1 fully saturated rings. The van der Waals surface area contributed by atoms with Crippen LogP contribution in [-0.2, 0) is 4.79 Å². The Bertz CT molecular complexity index is 1010. The van der Waals surface area contributed by atoms with Gasteiger partial charge in [0.1, 0.15) is 5.58 Å². The molecule has 7 heteroatoms. The van der Waals surface area contributed by atoms with Gasteiger partial charge in [0.25, 0.3) is 5.91 Å². The molecule has 1 aliphatic rings. The van der Waals surface area contributed by atoms with Gasteiger partial charge in [0.2, 0.25) is 5.91 Å². The zero-order valence-electron chi connectivity index (χ0n) is 15.6. The minimum absolute atomic E-state index is 0.0675. The molecule has 0 saturated carbocycles. The number of rotatable bonds is 5. The lowest BCUT2D eigenvalue weighted by Gasteiger charge is -2.18. The Morgan fingerprint density at radius 3 is 2.64 bits per heavy atom. The molecule has 3 aromatic rings. The SMILES string of the molecule is COc1ccc(N2C[C@@H](NC(=O)c3cc4ccccc4o3)CC2=O)cc1OC. The molecular weight excluding hydrogens is 360 g/mol. The monoisotopic (exact) mass is 380 g/mol. The minimum Gasteiger partial charge on any atom is -0.493 e. The highest BCUT2D eigenvalue weighted by Gasteiger charge is 2.32. The normalized spacial score (nSPS) is 16.4. The van der Waals surface area contributed by atoms with Gasteiger partial charge < -0.3 is 24.1 Å². The molecule has 7 nitrogen and oxygen atoms in total. The van der Waals surface area contributed by atoms with Crippen molar-refractivity contribution in [1.29, 1.82) is 0 Å². The standard InChI is InChI=1S/C21H20N2O5/c1-26-17-8-7-15(11-18(17)27-2)23-12-14(10-20(23)24)22-21(25)19-9-13-5-3-4-6-16(13)28-19/h3-9,11,14H,10,12H2,1-2H3,(H,22,25)/t14-/m0/s1. The second kappa shape index (κ2) is 7.26. The first kappa shape index (κ1) is 17.9. The molecule has 28 heavy (non-hydrogen) atoms. The number of hydrogen-bond acceptors (Lipinski definition) is 5. The molecule has 1 saturated heterocycles. The van der Waals surface area contributed by atoms with Crippen molar-refractivity contribution in [1.82, 2.24) is 5.32 Å². The Morgan fingerprint density at radius 1 is 1.11 bits per heavy atom. The van der Waals surface area contributed by atoms with Crippen molar-refractivity contribution in [2.75, 3.05) is 25.7 Å². The van der Waals surface area contributed by atoms with Gasteiger partial charge in [-0.05, 0) is 24.3 Å². The van der Waals surface area contributed by atoms with E-state index in [0.29, 0.717) is 29.3 Å². The fourth-order valence-corrected chi connectivity index (χ4v) is 3.40. The van der Waals surface area contributed by atoms with Crippen LogP contribution in [0, 0.1) is 0 Å². The average Bonchev–Trinajstić information content (AvgIpc) is 3.30. The summed E-state index contributed by atoms with van der Waals surface area (Å²) in [5.41, 5.74) is 1.35. The highest BCUT2D eigenvalue weighted by atomic mass is 16.5. The van der Waals surface area contributed by atoms with Crippen LogP contribution in [0.3, 0.4) is 0 Å². The molecule has 1 N–H and O–H groups in total. The largest absolute Gasteiger partial charge is 0.493 e. The van der Waals surface area contributed by atoms with E-state index in [0.717, 1.165) is 5.39 Å². The van der Waals surface area contributed by atoms with Crippen molar-refractivity contribution in [3.63, 3.8) is 0 Å². The summed E-state index contributed by atoms with van der Waals surface area (Å²) < 4.78 is 16.1. The van der Waals surface area contributed by atoms with Crippen LogP contribution >= 0.6 is 0 Å². The van der Waals surface area contributed by atoms with E-state index in [1.54, 1.807) is 43.4 Å². The molecule has 0 bridgehead atoms. The molecule has 2 heterocycles. The van der Waals surface area contributed by atoms with E-state index in [2.05, 4.69) is 5.32 Å². The van der Waals surface area contributed by atoms with Gasteiger partial charge in [-0.2, -0.15) is 0 Å². The van der Waals surface area contributed by atoms with Crippen molar-refractivity contribution < 1.29 is 23.5 Å². The van der Waals surface area contributed by atoms with E-state index in [4.69, 9.17) is 13.9 Å². The number of nitrogens with zero attached hydrogens (tertiary/aromatic N) is 1. The Hall–Kier alpha value is -3.48. The van der Waals surface area contributed by atoms with Crippen molar-refractivity contribution in [2.45, 2.75) is 12.5 Å². The van der Waals surface area contributed by atoms with Crippen molar-refractivity contribution >= 4 is 28.5 Å². The first-order chi connectivity index (χ1) is 13.6. The minimum atomic E-state index is -0.330. The Kier molecular flexibility index (Phi) is 4.65. The summed E-state index contributed by atoms with van der Waals surface area (Å²) in [5, 5.41) is 3.75. The van der Waals surface area contributed by atoms with E-state index in [9.17, 15) is 9.59 Å². The second-order valence-corrected chi connectivity index (χ2v) is 6.57. The lowest BCUT2D eigenvalue weighted by atomic mass is 10.2. The summed E-state index contributed by atoms with van der Waals surface area (Å²) in [6.07, 6.45) is 0.223. The van der Waals surface area contributed by atoms with Crippen LogP contribution in [-0.4, -0.2) is 38.6 Å². The predicted molar refractivity (Wildman–Crippen MR) is 104 cm³/mol. The Morgan fingerprint density at radius 2 is 1.89 bits per heavy atom. The highest BCUT2D eigenvalue weighted by molar-refractivity contribution is 5.99. The molecule has 1 aromatic heterocycles. The topological polar surface area (TPSA) is 81.0 Å². The number of amides is 2. The number of nitrogens with one attached hydrogen (secondary N) is 1. The third-order valence-corrected chi connectivity index (χ3v) is 4.79. The summed E-state index contributed by atoms with van der Waals surface area (Å²) in [6.45, 7) is 0.375. The number of furan rings is 1. The van der Waals surface area contributed by atoms with Crippen LogP contribution in [0.4, 0.5) is 5.69 Å². The Balaban J connectivity index is 1.48. The number of para-hydroxylation sites is 1. The number of hydrogen-bond donors (Lipinski definition) is 1. The first-order valence-corrected chi connectivity index (χ1v) is 8.91. The number of carbonyl (C=O) groups excluding carboxylic acids is 2. The molecular formula is C21H20N2O5. The molecule has 144 valence electrons. The fourth-order valence-electron chi connectivity index (χ4n) is 3.40. The molecule has 1 aliphatic heterocycles. The van der Waals surface area contributed by atoms with Crippen molar-refractivity contribution in [3.8, 4) is 11.5 Å². The van der Waals surface area contributed by atoms with Crippen LogP contribution < -0.4 is 19.7 Å². The van der Waals surface area contributed by atoms with Crippen molar-refractivity contribution in [2.24, 2.45) is 0 Å². The number of ether oxygens (including phenoxy) is 2. The van der Waals surface area contributed by atoms with Gasteiger partial charge in [0, 0.05) is 30.1 Å². The summed E-state index contributed by atoms with van der Waals surface area (Å²) in [4.78, 5) is 26.6. The van der Waals surface area contributed by atoms with Gasteiger partial charge in [-0.3, -0.25) is 9.59 Å². The van der Waals surface area contributed by atoms with Gasteiger partial charge in [-0.25, -0.2) is 0 Å². The molecule has 0 aliphatic carbocycles. The molecule has 1 atom stereocenters. The quantitative estimate of drug-likeness (QED) is 0.736. The smallest absolute Gasteiger partial charge is 0.287 e. The van der Waals surface area contributed by atoms with Gasteiger partial charge >= 0.3 is 0 Å². The summed E-state index contributed by atoms with van der Waals surface area (Å²) in [7, 11) is 3.10. The lowest BCUT2D eigenvalue weighted by molar-refractivity contribution is -0.117. The maximum atomic E-state index is 12.5. The third-order valence-electron chi connectivity index (χ3n) is 4.79. The first-order valence-electron chi connectivity index (χ1n) is 8.91. The molecule has 0 unspecified atom stereocenters. The van der Waals surface area contributed by atoms with Crippen LogP contribution in [0.15, 0.2) is 52.9 Å². The van der Waals surface area contributed by atoms with Crippen LogP contribution in [0.1, 0.15) is 17.0 Å². The molecule has 2 aromatic carbocycles. The van der Waals surface area contributed by atoms with Gasteiger partial charge in [-0.1, -0.05) is 18.2 Å². The van der Waals surface area contributed by atoms with E-state index in [1.165, 1.54) is 0 Å². The zero-order valence-corrected chi connectivity index (χ0v) is 15.6. The van der Waals surface area contributed by atoms with E-state index in [-0.39, 0.29) is 30.0 Å².